The summed E-state index contributed by atoms with van der Waals surface area (Å²) in [7, 11) is 2.01. The first-order valence-electron chi connectivity index (χ1n) is 4.85. The van der Waals surface area contributed by atoms with Crippen molar-refractivity contribution in [3.8, 4) is 0 Å². The van der Waals surface area contributed by atoms with Gasteiger partial charge in [0.2, 0.25) is 0 Å². The highest BCUT2D eigenvalue weighted by atomic mass is 35.5. The Morgan fingerprint density at radius 2 is 2.00 bits per heavy atom. The van der Waals surface area contributed by atoms with Gasteiger partial charge in [0.05, 0.1) is 0 Å². The smallest absolute Gasteiger partial charge is 0.123 e. The lowest BCUT2D eigenvalue weighted by Crippen LogP contribution is -2.21. The molecule has 0 amide bonds. The summed E-state index contributed by atoms with van der Waals surface area (Å²) in [5.41, 5.74) is 6.41. The number of hydrogen-bond acceptors (Lipinski definition) is 2. The maximum atomic E-state index is 12.8. The van der Waals surface area contributed by atoms with E-state index in [1.165, 1.54) is 6.07 Å². The zero-order valence-corrected chi connectivity index (χ0v) is 11.0. The number of hydrogen-bond donors (Lipinski definition) is 1. The third-order valence-electron chi connectivity index (χ3n) is 2.09. The van der Waals surface area contributed by atoms with Crippen LogP contribution in [0.15, 0.2) is 24.3 Å². The second-order valence-electron chi connectivity index (χ2n) is 3.51. The van der Waals surface area contributed by atoms with E-state index in [-0.39, 0.29) is 30.6 Å². The lowest BCUT2D eigenvalue weighted by atomic mass is 10.2. The van der Waals surface area contributed by atoms with Crippen molar-refractivity contribution < 1.29 is 4.39 Å². The predicted molar refractivity (Wildman–Crippen MR) is 70.9 cm³/mol. The quantitative estimate of drug-likeness (QED) is 0.889. The highest BCUT2D eigenvalue weighted by Gasteiger charge is 2.00. The molecule has 16 heavy (non-hydrogen) atoms. The third-order valence-corrected chi connectivity index (χ3v) is 2.09. The SMILES string of the molecule is CN(CCCN)Cc1cccc(F)c1.Cl.Cl. The van der Waals surface area contributed by atoms with Gasteiger partial charge in [0.25, 0.3) is 0 Å². The average Bonchev–Trinajstić information content (AvgIpc) is 2.15. The molecule has 0 aliphatic rings. The first-order chi connectivity index (χ1) is 6.72. The molecule has 0 bridgehead atoms. The molecule has 0 aliphatic heterocycles. The van der Waals surface area contributed by atoms with E-state index in [1.807, 2.05) is 13.1 Å². The van der Waals surface area contributed by atoms with Crippen molar-refractivity contribution in [2.24, 2.45) is 5.73 Å². The van der Waals surface area contributed by atoms with Gasteiger partial charge in [-0.1, -0.05) is 12.1 Å². The number of benzene rings is 1. The molecule has 1 rings (SSSR count). The predicted octanol–water partition coefficient (Wildman–Crippen LogP) is 2.45. The van der Waals surface area contributed by atoms with Crippen LogP contribution in [0, 0.1) is 5.82 Å². The molecule has 94 valence electrons. The Hall–Kier alpha value is -0.350. The van der Waals surface area contributed by atoms with Gasteiger partial charge in [-0.25, -0.2) is 4.39 Å². The Kier molecular flexibility index (Phi) is 11.1. The zero-order valence-electron chi connectivity index (χ0n) is 9.36. The van der Waals surface area contributed by atoms with Gasteiger partial charge in [-0.2, -0.15) is 0 Å². The largest absolute Gasteiger partial charge is 0.330 e. The first kappa shape index (κ1) is 18.0. The van der Waals surface area contributed by atoms with Crippen molar-refractivity contribution in [2.75, 3.05) is 20.1 Å². The summed E-state index contributed by atoms with van der Waals surface area (Å²) in [4.78, 5) is 2.14. The van der Waals surface area contributed by atoms with Gasteiger partial charge in [-0.05, 0) is 44.3 Å². The van der Waals surface area contributed by atoms with E-state index in [9.17, 15) is 4.39 Å². The minimum absolute atomic E-state index is 0. The molecule has 0 aliphatic carbocycles. The Morgan fingerprint density at radius 1 is 1.31 bits per heavy atom. The summed E-state index contributed by atoms with van der Waals surface area (Å²) in [6.45, 7) is 2.43. The molecule has 2 nitrogen and oxygen atoms in total. The van der Waals surface area contributed by atoms with Gasteiger partial charge in [0.15, 0.2) is 0 Å². The number of nitrogens with two attached hydrogens (primary N) is 1. The van der Waals surface area contributed by atoms with Gasteiger partial charge >= 0.3 is 0 Å². The molecule has 0 spiro atoms. The molecule has 0 saturated heterocycles. The highest BCUT2D eigenvalue weighted by Crippen LogP contribution is 2.06. The molecule has 0 aromatic heterocycles. The van der Waals surface area contributed by atoms with Crippen molar-refractivity contribution in [3.05, 3.63) is 35.6 Å². The molecule has 1 aromatic carbocycles. The van der Waals surface area contributed by atoms with Gasteiger partial charge in [-0.3, -0.25) is 0 Å². The summed E-state index contributed by atoms with van der Waals surface area (Å²) >= 11 is 0. The molecule has 5 heteroatoms. The molecule has 0 radical (unpaired) electrons. The van der Waals surface area contributed by atoms with Crippen molar-refractivity contribution in [1.29, 1.82) is 0 Å². The van der Waals surface area contributed by atoms with Crippen molar-refractivity contribution >= 4 is 24.8 Å². The lowest BCUT2D eigenvalue weighted by Gasteiger charge is -2.15. The zero-order chi connectivity index (χ0) is 10.4. The van der Waals surface area contributed by atoms with Gasteiger partial charge < -0.3 is 10.6 Å². The second-order valence-corrected chi connectivity index (χ2v) is 3.51. The summed E-state index contributed by atoms with van der Waals surface area (Å²) < 4.78 is 12.8. The van der Waals surface area contributed by atoms with Crippen molar-refractivity contribution in [2.45, 2.75) is 13.0 Å². The number of halogens is 3. The molecular formula is C11H19Cl2FN2. The van der Waals surface area contributed by atoms with Crippen molar-refractivity contribution in [3.63, 3.8) is 0 Å². The van der Waals surface area contributed by atoms with E-state index < -0.39 is 0 Å². The second kappa shape index (κ2) is 9.85. The molecule has 0 unspecified atom stereocenters. The average molecular weight is 269 g/mol. The van der Waals surface area contributed by atoms with Crippen LogP contribution in [0.4, 0.5) is 4.39 Å². The Morgan fingerprint density at radius 3 is 2.56 bits per heavy atom. The van der Waals surface area contributed by atoms with E-state index in [4.69, 9.17) is 5.73 Å². The Bertz CT molecular complexity index is 284. The van der Waals surface area contributed by atoms with Crippen LogP contribution >= 0.6 is 24.8 Å². The van der Waals surface area contributed by atoms with Gasteiger partial charge in [-0.15, -0.1) is 24.8 Å². The van der Waals surface area contributed by atoms with Crippen LogP contribution in [0.5, 0.6) is 0 Å². The highest BCUT2D eigenvalue weighted by molar-refractivity contribution is 5.85. The number of nitrogens with zero attached hydrogens (tertiary/aromatic N) is 1. The van der Waals surface area contributed by atoms with E-state index in [0.29, 0.717) is 6.54 Å². The number of rotatable bonds is 5. The van der Waals surface area contributed by atoms with Gasteiger partial charge in [0, 0.05) is 6.54 Å². The van der Waals surface area contributed by atoms with Crippen LogP contribution < -0.4 is 5.73 Å². The standard InChI is InChI=1S/C11H17FN2.2ClH/c1-14(7-3-6-13)9-10-4-2-5-11(12)8-10;;/h2,4-5,8H,3,6-7,9,13H2,1H3;2*1H. The van der Waals surface area contributed by atoms with Crippen LogP contribution in [-0.4, -0.2) is 25.0 Å². The van der Waals surface area contributed by atoms with E-state index in [0.717, 1.165) is 25.1 Å². The third kappa shape index (κ3) is 7.01. The van der Waals surface area contributed by atoms with Gasteiger partial charge in [0.1, 0.15) is 5.82 Å². The maximum Gasteiger partial charge on any atom is 0.123 e. The van der Waals surface area contributed by atoms with Crippen LogP contribution in [0.25, 0.3) is 0 Å². The molecule has 0 fully saturated rings. The van der Waals surface area contributed by atoms with E-state index >= 15 is 0 Å². The first-order valence-corrected chi connectivity index (χ1v) is 4.85. The molecule has 0 saturated carbocycles. The van der Waals surface area contributed by atoms with Crippen LogP contribution in [-0.2, 0) is 6.54 Å². The minimum Gasteiger partial charge on any atom is -0.330 e. The fourth-order valence-electron chi connectivity index (χ4n) is 1.39. The van der Waals surface area contributed by atoms with Crippen LogP contribution in [0.2, 0.25) is 0 Å². The summed E-state index contributed by atoms with van der Waals surface area (Å²) in [5, 5.41) is 0. The minimum atomic E-state index is -0.172. The summed E-state index contributed by atoms with van der Waals surface area (Å²) in [6, 6.07) is 6.70. The molecule has 1 aromatic rings. The Labute approximate surface area is 109 Å². The van der Waals surface area contributed by atoms with E-state index in [1.54, 1.807) is 12.1 Å². The Balaban J connectivity index is 0. The summed E-state index contributed by atoms with van der Waals surface area (Å²) in [5.74, 6) is -0.172. The fraction of sp³-hybridized carbons (Fsp3) is 0.455. The lowest BCUT2D eigenvalue weighted by molar-refractivity contribution is 0.323. The summed E-state index contributed by atoms with van der Waals surface area (Å²) in [6.07, 6.45) is 0.978. The monoisotopic (exact) mass is 268 g/mol. The van der Waals surface area contributed by atoms with Crippen LogP contribution in [0.3, 0.4) is 0 Å². The molecular weight excluding hydrogens is 250 g/mol. The topological polar surface area (TPSA) is 29.3 Å². The fourth-order valence-corrected chi connectivity index (χ4v) is 1.39. The maximum absolute atomic E-state index is 12.8. The van der Waals surface area contributed by atoms with Crippen LogP contribution in [0.1, 0.15) is 12.0 Å². The normalized spacial score (nSPS) is 9.50. The van der Waals surface area contributed by atoms with Crippen molar-refractivity contribution in [1.82, 2.24) is 4.90 Å². The molecule has 0 heterocycles. The van der Waals surface area contributed by atoms with E-state index in [2.05, 4.69) is 4.90 Å². The molecule has 2 N–H and O–H groups in total. The molecule has 0 atom stereocenters.